The maximum atomic E-state index is 10.7. The Labute approximate surface area is 480 Å². The molecule has 0 radical (unpaired) electrons. The van der Waals surface area contributed by atoms with Crippen molar-refractivity contribution in [3.63, 3.8) is 0 Å². The van der Waals surface area contributed by atoms with Gasteiger partial charge in [0.15, 0.2) is 0 Å². The van der Waals surface area contributed by atoms with E-state index in [4.69, 9.17) is 0 Å². The van der Waals surface area contributed by atoms with Gasteiger partial charge in [0, 0.05) is 43.1 Å². The van der Waals surface area contributed by atoms with E-state index in [-0.39, 0.29) is 0 Å². The molecule has 0 bridgehead atoms. The highest BCUT2D eigenvalue weighted by Gasteiger charge is 2.26. The second kappa shape index (κ2) is 18.7. The second-order valence-corrected chi connectivity index (χ2v) is 21.1. The zero-order chi connectivity index (χ0) is 56.2. The van der Waals surface area contributed by atoms with Gasteiger partial charge in [0.1, 0.15) is 24.3 Å². The van der Waals surface area contributed by atoms with Crippen molar-refractivity contribution in [2.24, 2.45) is 0 Å². The van der Waals surface area contributed by atoms with E-state index in [9.17, 15) is 21.0 Å². The quantitative estimate of drug-likeness (QED) is 0.175. The molecule has 0 amide bonds. The first-order chi connectivity index (χ1) is 41.6. The molecule has 17 aromatic rings. The molecule has 4 aromatic heterocycles. The first kappa shape index (κ1) is 47.8. The van der Waals surface area contributed by atoms with Crippen LogP contribution in [0.2, 0.25) is 0 Å². The van der Waals surface area contributed by atoms with Crippen LogP contribution in [-0.2, 0) is 0 Å². The van der Waals surface area contributed by atoms with Crippen LogP contribution >= 0.6 is 0 Å². The van der Waals surface area contributed by atoms with E-state index in [1.165, 1.54) is 0 Å². The molecular formula is C76H42N8. The summed E-state index contributed by atoms with van der Waals surface area (Å²) < 4.78 is 8.51. The Bertz CT molecular complexity index is 5680. The van der Waals surface area contributed by atoms with E-state index in [0.29, 0.717) is 45.0 Å². The van der Waals surface area contributed by atoms with Gasteiger partial charge in [-0.3, -0.25) is 0 Å². The molecule has 0 aliphatic heterocycles. The standard InChI is InChI=1S/C40H22N4.C36H20N4/c41-23-31-32(24-42)36(22-21-35(31)43-33-15-7-5-13-29(33)30-14-6-8-16-34(30)43)44-37-19-17-25-9-1-3-11-27(25)39(37)40-28-12-4-2-10-26(28)18-20-38(40)44;37-21-28-29(22-38)34(20-19-33(28)39-30-14-6-3-11-25(30)26-12-4-7-15-31(26)39)40-32-16-8-5-13-27(32)36-24-10-2-1-9-23(24)17-18-35(36)40/h1-22H;1-20H. The summed E-state index contributed by atoms with van der Waals surface area (Å²) in [5, 5.41) is 58.5. The number of nitriles is 4. The molecular weight excluding hydrogens is 1020 g/mol. The lowest BCUT2D eigenvalue weighted by molar-refractivity contribution is 1.12. The topological polar surface area (TPSA) is 115 Å². The molecule has 4 heterocycles. The van der Waals surface area contributed by atoms with Crippen LogP contribution in [0.3, 0.4) is 0 Å². The molecule has 17 rings (SSSR count). The Hall–Kier alpha value is -12.2. The molecule has 0 aliphatic rings. The molecule has 13 aromatic carbocycles. The lowest BCUT2D eigenvalue weighted by atomic mass is 10.00. The van der Waals surface area contributed by atoms with Crippen LogP contribution in [-0.4, -0.2) is 18.3 Å². The number of aromatic nitrogens is 4. The summed E-state index contributed by atoms with van der Waals surface area (Å²) >= 11 is 0. The number of benzene rings is 13. The molecule has 0 saturated carbocycles. The largest absolute Gasteiger partial charge is 0.308 e. The van der Waals surface area contributed by atoms with Crippen molar-refractivity contribution in [1.29, 1.82) is 21.0 Å². The molecule has 8 nitrogen and oxygen atoms in total. The minimum atomic E-state index is 0.354. The van der Waals surface area contributed by atoms with Crippen molar-refractivity contribution in [2.45, 2.75) is 0 Å². The summed E-state index contributed by atoms with van der Waals surface area (Å²) in [4.78, 5) is 0. The molecule has 0 atom stereocenters. The van der Waals surface area contributed by atoms with Gasteiger partial charge in [0.25, 0.3) is 0 Å². The van der Waals surface area contributed by atoms with Gasteiger partial charge in [0.2, 0.25) is 0 Å². The van der Waals surface area contributed by atoms with Gasteiger partial charge in [-0.25, -0.2) is 0 Å². The van der Waals surface area contributed by atoms with Crippen LogP contribution in [0.15, 0.2) is 255 Å². The maximum absolute atomic E-state index is 10.7. The zero-order valence-corrected chi connectivity index (χ0v) is 44.8. The average molecular weight is 1070 g/mol. The van der Waals surface area contributed by atoms with Crippen LogP contribution in [0, 0.1) is 45.3 Å². The summed E-state index contributed by atoms with van der Waals surface area (Å²) in [6.45, 7) is 0. The Morgan fingerprint density at radius 3 is 0.738 bits per heavy atom. The molecule has 0 fully saturated rings. The van der Waals surface area contributed by atoms with Crippen molar-refractivity contribution in [3.8, 4) is 47.0 Å². The first-order valence-electron chi connectivity index (χ1n) is 27.7. The second-order valence-electron chi connectivity index (χ2n) is 21.1. The fourth-order valence-electron chi connectivity index (χ4n) is 13.5. The number of nitrogens with zero attached hydrogens (tertiary/aromatic N) is 8. The number of para-hydroxylation sites is 5. The average Bonchev–Trinajstić information content (AvgIpc) is 1.99. The van der Waals surface area contributed by atoms with Gasteiger partial charge in [-0.2, -0.15) is 21.0 Å². The lowest BCUT2D eigenvalue weighted by Gasteiger charge is -2.16. The van der Waals surface area contributed by atoms with Gasteiger partial charge in [-0.15, -0.1) is 0 Å². The third-order valence-electron chi connectivity index (χ3n) is 17.0. The Kier molecular flexibility index (Phi) is 10.6. The first-order valence-corrected chi connectivity index (χ1v) is 27.7. The molecule has 8 heteroatoms. The maximum Gasteiger partial charge on any atom is 0.103 e. The SMILES string of the molecule is N#Cc1c(-n2c3ccccc3c3ccccc32)ccc(-n2c3ccc4ccccc4c3c3c4ccccc4ccc32)c1C#N.N#Cc1c(-n2c3ccccc3c3ccccc32)ccc(-n2c3ccccc3c3c4ccccc4ccc32)c1C#N. The molecule has 0 aliphatic carbocycles. The van der Waals surface area contributed by atoms with Crippen molar-refractivity contribution >= 4 is 120 Å². The van der Waals surface area contributed by atoms with Crippen molar-refractivity contribution in [1.82, 2.24) is 18.3 Å². The highest BCUT2D eigenvalue weighted by atomic mass is 15.0. The van der Waals surface area contributed by atoms with Crippen LogP contribution in [0.25, 0.3) is 142 Å². The summed E-state index contributed by atoms with van der Waals surface area (Å²) in [5.41, 5.74) is 12.2. The minimum absolute atomic E-state index is 0.354. The van der Waals surface area contributed by atoms with Gasteiger partial charge in [-0.1, -0.05) is 182 Å². The Morgan fingerprint density at radius 2 is 0.417 bits per heavy atom. The number of hydrogen-bond donors (Lipinski definition) is 0. The number of fused-ring (bicyclic) bond motifs is 18. The zero-order valence-electron chi connectivity index (χ0n) is 44.8. The van der Waals surface area contributed by atoms with E-state index in [1.807, 2.05) is 91.0 Å². The highest BCUT2D eigenvalue weighted by molar-refractivity contribution is 6.29. The van der Waals surface area contributed by atoms with E-state index < -0.39 is 0 Å². The molecule has 0 N–H and O–H groups in total. The van der Waals surface area contributed by atoms with Gasteiger partial charge in [0.05, 0.1) is 89.1 Å². The highest BCUT2D eigenvalue weighted by Crippen LogP contribution is 2.44. The van der Waals surface area contributed by atoms with Crippen LogP contribution in [0.5, 0.6) is 0 Å². The molecule has 84 heavy (non-hydrogen) atoms. The third-order valence-corrected chi connectivity index (χ3v) is 17.0. The molecule has 0 unspecified atom stereocenters. The summed E-state index contributed by atoms with van der Waals surface area (Å²) in [5.74, 6) is 0. The van der Waals surface area contributed by atoms with E-state index in [2.05, 4.69) is 206 Å². The van der Waals surface area contributed by atoms with Crippen molar-refractivity contribution in [2.75, 3.05) is 0 Å². The lowest BCUT2D eigenvalue weighted by Crippen LogP contribution is -2.05. The Morgan fingerprint density at radius 1 is 0.190 bits per heavy atom. The van der Waals surface area contributed by atoms with E-state index >= 15 is 0 Å². The van der Waals surface area contributed by atoms with E-state index in [0.717, 1.165) is 120 Å². The van der Waals surface area contributed by atoms with E-state index in [1.54, 1.807) is 0 Å². The predicted molar refractivity (Wildman–Crippen MR) is 342 cm³/mol. The van der Waals surface area contributed by atoms with Crippen LogP contribution in [0.1, 0.15) is 22.3 Å². The normalized spacial score (nSPS) is 11.5. The fraction of sp³-hybridized carbons (Fsp3) is 0. The van der Waals surface area contributed by atoms with Crippen LogP contribution < -0.4 is 0 Å². The van der Waals surface area contributed by atoms with Crippen molar-refractivity contribution < 1.29 is 0 Å². The Balaban J connectivity index is 0.000000138. The summed E-state index contributed by atoms with van der Waals surface area (Å²) in [7, 11) is 0. The smallest absolute Gasteiger partial charge is 0.103 e. The molecule has 386 valence electrons. The summed E-state index contributed by atoms with van der Waals surface area (Å²) in [6.07, 6.45) is 0. The minimum Gasteiger partial charge on any atom is -0.308 e. The van der Waals surface area contributed by atoms with Crippen LogP contribution in [0.4, 0.5) is 0 Å². The molecule has 0 spiro atoms. The number of rotatable bonds is 4. The molecule has 0 saturated heterocycles. The predicted octanol–water partition coefficient (Wildman–Crippen LogP) is 18.7. The van der Waals surface area contributed by atoms with Gasteiger partial charge in [-0.05, 0) is 105 Å². The third kappa shape index (κ3) is 6.78. The van der Waals surface area contributed by atoms with Gasteiger partial charge >= 0.3 is 0 Å². The van der Waals surface area contributed by atoms with Crippen molar-refractivity contribution in [3.05, 3.63) is 277 Å². The summed E-state index contributed by atoms with van der Waals surface area (Å²) in [6, 6.07) is 96.8. The fourth-order valence-corrected chi connectivity index (χ4v) is 13.5. The van der Waals surface area contributed by atoms with Gasteiger partial charge < -0.3 is 18.3 Å². The monoisotopic (exact) mass is 1070 g/mol. The number of hydrogen-bond acceptors (Lipinski definition) is 4.